The van der Waals surface area contributed by atoms with Crippen LogP contribution in [0.4, 0.5) is 4.39 Å². The van der Waals surface area contributed by atoms with Gasteiger partial charge in [0, 0.05) is 25.0 Å². The van der Waals surface area contributed by atoms with Crippen LogP contribution in [-0.4, -0.2) is 29.1 Å². The number of carbonyl (C=O) groups is 1. The number of carboxylic acid groups (broad SMARTS) is 1. The van der Waals surface area contributed by atoms with Gasteiger partial charge in [0.25, 0.3) is 0 Å². The van der Waals surface area contributed by atoms with E-state index in [1.165, 1.54) is 6.07 Å². The number of fused-ring (bicyclic) bond motifs is 1. The second-order valence-electron chi connectivity index (χ2n) is 6.19. The van der Waals surface area contributed by atoms with Crippen LogP contribution < -0.4 is 0 Å². The van der Waals surface area contributed by atoms with Crippen LogP contribution in [0.1, 0.15) is 5.56 Å². The average Bonchev–Trinajstić information content (AvgIpc) is 2.93. The van der Waals surface area contributed by atoms with Crippen LogP contribution in [0.15, 0.2) is 52.9 Å². The predicted octanol–water partition coefficient (Wildman–Crippen LogP) is 3.76. The van der Waals surface area contributed by atoms with Gasteiger partial charge < -0.3 is 9.52 Å². The standard InChI is InChI=1S/C19H16FNO3/c20-16-7-12(9-21-10-14(11-21)19(22)23)5-6-15(16)18-8-13-3-1-2-4-17(13)24-18/h1-8,14H,9-11H2,(H,22,23). The smallest absolute Gasteiger partial charge is 0.309 e. The van der Waals surface area contributed by atoms with Crippen molar-refractivity contribution in [2.45, 2.75) is 6.54 Å². The molecule has 4 rings (SSSR count). The third-order valence-electron chi connectivity index (χ3n) is 4.44. The number of hydrogen-bond donors (Lipinski definition) is 1. The van der Waals surface area contributed by atoms with Crippen molar-refractivity contribution in [2.75, 3.05) is 13.1 Å². The fraction of sp³-hybridized carbons (Fsp3) is 0.211. The lowest BCUT2D eigenvalue weighted by Gasteiger charge is -2.36. The summed E-state index contributed by atoms with van der Waals surface area (Å²) < 4.78 is 20.2. The second kappa shape index (κ2) is 5.76. The van der Waals surface area contributed by atoms with Gasteiger partial charge in [-0.25, -0.2) is 4.39 Å². The molecule has 0 spiro atoms. The van der Waals surface area contributed by atoms with Crippen molar-refractivity contribution in [1.29, 1.82) is 0 Å². The van der Waals surface area contributed by atoms with Gasteiger partial charge in [-0.1, -0.05) is 24.3 Å². The van der Waals surface area contributed by atoms with Gasteiger partial charge in [-0.15, -0.1) is 0 Å². The Labute approximate surface area is 138 Å². The minimum atomic E-state index is -0.766. The van der Waals surface area contributed by atoms with Crippen molar-refractivity contribution < 1.29 is 18.7 Å². The molecule has 0 atom stereocenters. The lowest BCUT2D eigenvalue weighted by Crippen LogP contribution is -2.49. The van der Waals surface area contributed by atoms with Gasteiger partial charge in [0.05, 0.1) is 11.5 Å². The van der Waals surface area contributed by atoms with Gasteiger partial charge in [0.2, 0.25) is 0 Å². The monoisotopic (exact) mass is 325 g/mol. The molecule has 122 valence electrons. The number of benzene rings is 2. The van der Waals surface area contributed by atoms with E-state index in [2.05, 4.69) is 0 Å². The van der Waals surface area contributed by atoms with Crippen LogP contribution in [0.25, 0.3) is 22.3 Å². The molecular weight excluding hydrogens is 309 g/mol. The molecule has 1 fully saturated rings. The van der Waals surface area contributed by atoms with Crippen LogP contribution in [0.5, 0.6) is 0 Å². The zero-order valence-corrected chi connectivity index (χ0v) is 12.9. The Bertz CT molecular complexity index is 879. The molecule has 0 bridgehead atoms. The van der Waals surface area contributed by atoms with E-state index in [-0.39, 0.29) is 11.7 Å². The number of rotatable bonds is 4. The molecule has 1 aliphatic heterocycles. The maximum Gasteiger partial charge on any atom is 0.309 e. The van der Waals surface area contributed by atoms with E-state index in [4.69, 9.17) is 9.52 Å². The Balaban J connectivity index is 1.53. The van der Waals surface area contributed by atoms with Gasteiger partial charge in [-0.2, -0.15) is 0 Å². The Morgan fingerprint density at radius 2 is 2.00 bits per heavy atom. The average molecular weight is 325 g/mol. The Kier molecular flexibility index (Phi) is 3.58. The van der Waals surface area contributed by atoms with E-state index in [0.29, 0.717) is 31.0 Å². The summed E-state index contributed by atoms with van der Waals surface area (Å²) >= 11 is 0. The number of carboxylic acids is 1. The molecule has 3 aromatic rings. The maximum atomic E-state index is 14.5. The highest BCUT2D eigenvalue weighted by atomic mass is 19.1. The number of aliphatic carboxylic acids is 1. The summed E-state index contributed by atoms with van der Waals surface area (Å²) in [5.41, 5.74) is 1.99. The summed E-state index contributed by atoms with van der Waals surface area (Å²) in [4.78, 5) is 12.8. The Morgan fingerprint density at radius 3 is 2.71 bits per heavy atom. The molecule has 24 heavy (non-hydrogen) atoms. The normalized spacial score (nSPS) is 15.5. The van der Waals surface area contributed by atoms with Crippen molar-refractivity contribution in [3.8, 4) is 11.3 Å². The highest BCUT2D eigenvalue weighted by Gasteiger charge is 2.32. The molecule has 0 saturated carbocycles. The molecule has 0 radical (unpaired) electrons. The summed E-state index contributed by atoms with van der Waals surface area (Å²) in [6.07, 6.45) is 0. The minimum Gasteiger partial charge on any atom is -0.481 e. The molecule has 2 heterocycles. The quantitative estimate of drug-likeness (QED) is 0.793. The van der Waals surface area contributed by atoms with Gasteiger partial charge in [0.1, 0.15) is 17.2 Å². The second-order valence-corrected chi connectivity index (χ2v) is 6.19. The highest BCUT2D eigenvalue weighted by Crippen LogP contribution is 2.30. The minimum absolute atomic E-state index is 0.301. The zero-order valence-electron chi connectivity index (χ0n) is 12.9. The van der Waals surface area contributed by atoms with Crippen molar-refractivity contribution in [3.05, 3.63) is 59.9 Å². The number of halogens is 1. The molecule has 1 N–H and O–H groups in total. The molecule has 4 nitrogen and oxygen atoms in total. The Hall–Kier alpha value is -2.66. The molecule has 5 heteroatoms. The molecule has 0 aliphatic carbocycles. The molecule has 1 aromatic heterocycles. The number of furan rings is 1. The number of nitrogens with zero attached hydrogens (tertiary/aromatic N) is 1. The van der Waals surface area contributed by atoms with E-state index >= 15 is 0 Å². The first kappa shape index (κ1) is 14.9. The molecule has 0 amide bonds. The molecule has 2 aromatic carbocycles. The van der Waals surface area contributed by atoms with Crippen LogP contribution in [-0.2, 0) is 11.3 Å². The Morgan fingerprint density at radius 1 is 1.21 bits per heavy atom. The van der Waals surface area contributed by atoms with Gasteiger partial charge >= 0.3 is 5.97 Å². The fourth-order valence-electron chi connectivity index (χ4n) is 3.08. The highest BCUT2D eigenvalue weighted by molar-refractivity contribution is 5.82. The first-order valence-electron chi connectivity index (χ1n) is 7.83. The fourth-order valence-corrected chi connectivity index (χ4v) is 3.08. The SMILES string of the molecule is O=C(O)C1CN(Cc2ccc(-c3cc4ccccc4o3)c(F)c2)C1. The van der Waals surface area contributed by atoms with Crippen molar-refractivity contribution in [3.63, 3.8) is 0 Å². The van der Waals surface area contributed by atoms with E-state index in [9.17, 15) is 9.18 Å². The summed E-state index contributed by atoms with van der Waals surface area (Å²) in [5, 5.41) is 9.83. The van der Waals surface area contributed by atoms with E-state index < -0.39 is 5.97 Å². The summed E-state index contributed by atoms with van der Waals surface area (Å²) in [6.45, 7) is 1.59. The number of hydrogen-bond acceptors (Lipinski definition) is 3. The van der Waals surface area contributed by atoms with Crippen LogP contribution in [0.3, 0.4) is 0 Å². The largest absolute Gasteiger partial charge is 0.481 e. The third-order valence-corrected chi connectivity index (χ3v) is 4.44. The summed E-state index contributed by atoms with van der Waals surface area (Å²) in [5.74, 6) is -0.890. The van der Waals surface area contributed by atoms with Gasteiger partial charge in [-0.05, 0) is 29.8 Å². The first-order valence-corrected chi connectivity index (χ1v) is 7.83. The van der Waals surface area contributed by atoms with E-state index in [1.807, 2.05) is 41.3 Å². The predicted molar refractivity (Wildman–Crippen MR) is 88.0 cm³/mol. The molecule has 1 saturated heterocycles. The number of para-hydroxylation sites is 1. The first-order chi connectivity index (χ1) is 11.6. The van der Waals surface area contributed by atoms with Crippen LogP contribution in [0.2, 0.25) is 0 Å². The lowest BCUT2D eigenvalue weighted by atomic mass is 9.99. The molecule has 1 aliphatic rings. The number of likely N-dealkylation sites (tertiary alicyclic amines) is 1. The maximum absolute atomic E-state index is 14.5. The lowest BCUT2D eigenvalue weighted by molar-refractivity contribution is -0.147. The zero-order chi connectivity index (χ0) is 16.7. The van der Waals surface area contributed by atoms with Crippen LogP contribution >= 0.6 is 0 Å². The van der Waals surface area contributed by atoms with Crippen molar-refractivity contribution in [2.24, 2.45) is 5.92 Å². The topological polar surface area (TPSA) is 53.7 Å². The molecular formula is C19H16FNO3. The van der Waals surface area contributed by atoms with Gasteiger partial charge in [-0.3, -0.25) is 9.69 Å². The summed E-state index contributed by atoms with van der Waals surface area (Å²) in [6, 6.07) is 14.5. The molecule has 0 unspecified atom stereocenters. The van der Waals surface area contributed by atoms with Crippen molar-refractivity contribution >= 4 is 16.9 Å². The van der Waals surface area contributed by atoms with Crippen LogP contribution in [0, 0.1) is 11.7 Å². The van der Waals surface area contributed by atoms with Gasteiger partial charge in [0.15, 0.2) is 0 Å². The third kappa shape index (κ3) is 2.67. The van der Waals surface area contributed by atoms with E-state index in [1.54, 1.807) is 6.07 Å². The van der Waals surface area contributed by atoms with Crippen molar-refractivity contribution in [1.82, 2.24) is 4.90 Å². The summed E-state index contributed by atoms with van der Waals surface area (Å²) in [7, 11) is 0. The van der Waals surface area contributed by atoms with E-state index in [0.717, 1.165) is 16.5 Å².